The molecule has 0 amide bonds. The van der Waals surface area contributed by atoms with Crippen LogP contribution in [-0.2, 0) is 0 Å². The van der Waals surface area contributed by atoms with Crippen LogP contribution in [-0.4, -0.2) is 6.54 Å². The summed E-state index contributed by atoms with van der Waals surface area (Å²) in [7, 11) is 0. The van der Waals surface area contributed by atoms with E-state index in [0.717, 1.165) is 6.54 Å². The summed E-state index contributed by atoms with van der Waals surface area (Å²) in [4.78, 5) is 0. The Bertz CT molecular complexity index is 282. The van der Waals surface area contributed by atoms with Gasteiger partial charge < -0.3 is 5.32 Å². The van der Waals surface area contributed by atoms with Crippen LogP contribution in [0.5, 0.6) is 0 Å². The van der Waals surface area contributed by atoms with Gasteiger partial charge in [-0.25, -0.2) is 0 Å². The molecule has 0 atom stereocenters. The van der Waals surface area contributed by atoms with Crippen molar-refractivity contribution in [2.75, 3.05) is 6.54 Å². The van der Waals surface area contributed by atoms with E-state index in [4.69, 9.17) is 0 Å². The largest absolute Gasteiger partial charge is 0.391 e. The predicted octanol–water partition coefficient (Wildman–Crippen LogP) is 2.97. The molecule has 1 aromatic carbocycles. The summed E-state index contributed by atoms with van der Waals surface area (Å²) in [5.41, 5.74) is 3.87. The van der Waals surface area contributed by atoms with Crippen LogP contribution < -0.4 is 5.32 Å². The second-order valence-corrected chi connectivity index (χ2v) is 3.25. The van der Waals surface area contributed by atoms with Crippen LogP contribution in [0.1, 0.15) is 25.0 Å². The monoisotopic (exact) mass is 175 g/mol. The molecule has 0 aromatic heterocycles. The molecule has 0 aliphatic rings. The normalized spacial score (nSPS) is 11.5. The molecule has 13 heavy (non-hydrogen) atoms. The van der Waals surface area contributed by atoms with Crippen molar-refractivity contribution in [2.45, 2.75) is 20.8 Å². The Kier molecular flexibility index (Phi) is 3.56. The highest BCUT2D eigenvalue weighted by Gasteiger charge is 1.93. The average molecular weight is 175 g/mol. The maximum atomic E-state index is 3.20. The Morgan fingerprint density at radius 2 is 1.92 bits per heavy atom. The maximum absolute atomic E-state index is 3.20. The fourth-order valence-electron chi connectivity index (χ4n) is 1.15. The fourth-order valence-corrected chi connectivity index (χ4v) is 1.15. The van der Waals surface area contributed by atoms with Crippen LogP contribution >= 0.6 is 0 Å². The first-order valence-corrected chi connectivity index (χ1v) is 4.71. The van der Waals surface area contributed by atoms with E-state index in [1.807, 2.05) is 0 Å². The lowest BCUT2D eigenvalue weighted by atomic mass is 10.1. The van der Waals surface area contributed by atoms with E-state index in [0.29, 0.717) is 0 Å². The van der Waals surface area contributed by atoms with Crippen LogP contribution in [0.2, 0.25) is 0 Å². The van der Waals surface area contributed by atoms with Crippen LogP contribution in [0.4, 0.5) is 0 Å². The zero-order valence-corrected chi connectivity index (χ0v) is 8.59. The van der Waals surface area contributed by atoms with Crippen molar-refractivity contribution >= 4 is 5.57 Å². The van der Waals surface area contributed by atoms with Gasteiger partial charge in [0.05, 0.1) is 0 Å². The summed E-state index contributed by atoms with van der Waals surface area (Å²) in [6, 6.07) is 8.58. The van der Waals surface area contributed by atoms with Gasteiger partial charge in [0.15, 0.2) is 0 Å². The van der Waals surface area contributed by atoms with Gasteiger partial charge >= 0.3 is 0 Å². The third kappa shape index (κ3) is 2.94. The maximum Gasteiger partial charge on any atom is 0.0113 e. The Labute approximate surface area is 80.5 Å². The molecule has 0 heterocycles. The van der Waals surface area contributed by atoms with Crippen molar-refractivity contribution in [3.8, 4) is 0 Å². The van der Waals surface area contributed by atoms with Gasteiger partial charge in [0.2, 0.25) is 0 Å². The van der Waals surface area contributed by atoms with Gasteiger partial charge in [-0.2, -0.15) is 0 Å². The van der Waals surface area contributed by atoms with Crippen LogP contribution in [0.15, 0.2) is 30.5 Å². The molecule has 0 aliphatic carbocycles. The second-order valence-electron chi connectivity index (χ2n) is 3.25. The van der Waals surface area contributed by atoms with Gasteiger partial charge in [0.25, 0.3) is 0 Å². The molecule has 1 rings (SSSR count). The van der Waals surface area contributed by atoms with Crippen molar-refractivity contribution in [1.82, 2.24) is 5.32 Å². The topological polar surface area (TPSA) is 12.0 Å². The molecular weight excluding hydrogens is 158 g/mol. The number of hydrogen-bond donors (Lipinski definition) is 1. The molecule has 0 saturated carbocycles. The first-order chi connectivity index (χ1) is 6.24. The molecule has 0 bridgehead atoms. The average Bonchev–Trinajstić information content (AvgIpc) is 2.15. The van der Waals surface area contributed by atoms with Gasteiger partial charge in [0, 0.05) is 6.54 Å². The van der Waals surface area contributed by atoms with Crippen LogP contribution in [0.3, 0.4) is 0 Å². The highest BCUT2D eigenvalue weighted by atomic mass is 14.8. The number of allylic oxidation sites excluding steroid dienone is 1. The lowest BCUT2D eigenvalue weighted by molar-refractivity contribution is 0.920. The number of hydrogen-bond acceptors (Lipinski definition) is 1. The number of rotatable bonds is 3. The van der Waals surface area contributed by atoms with Gasteiger partial charge in [-0.1, -0.05) is 29.8 Å². The molecule has 1 nitrogen and oxygen atoms in total. The number of aryl methyl sites for hydroxylation is 1. The predicted molar refractivity (Wildman–Crippen MR) is 58.5 cm³/mol. The smallest absolute Gasteiger partial charge is 0.0113 e. The molecule has 0 fully saturated rings. The summed E-state index contributed by atoms with van der Waals surface area (Å²) in [6.07, 6.45) is 2.06. The van der Waals surface area contributed by atoms with E-state index in [1.165, 1.54) is 16.7 Å². The molecule has 0 unspecified atom stereocenters. The van der Waals surface area contributed by atoms with E-state index < -0.39 is 0 Å². The Hall–Kier alpha value is -1.24. The van der Waals surface area contributed by atoms with Crippen molar-refractivity contribution < 1.29 is 0 Å². The minimum atomic E-state index is 0.975. The Balaban J connectivity index is 2.77. The molecule has 1 heteroatoms. The second kappa shape index (κ2) is 4.70. The molecule has 0 spiro atoms. The molecule has 1 N–H and O–H groups in total. The van der Waals surface area contributed by atoms with Crippen LogP contribution in [0.25, 0.3) is 5.57 Å². The third-order valence-corrected chi connectivity index (χ3v) is 2.03. The zero-order chi connectivity index (χ0) is 9.68. The molecule has 1 aromatic rings. The highest BCUT2D eigenvalue weighted by Crippen LogP contribution is 2.12. The van der Waals surface area contributed by atoms with E-state index in [2.05, 4.69) is 56.6 Å². The fraction of sp³-hybridized carbons (Fsp3) is 0.333. The quantitative estimate of drug-likeness (QED) is 0.744. The molecule has 70 valence electrons. The first-order valence-electron chi connectivity index (χ1n) is 4.71. The molecule has 0 radical (unpaired) electrons. The van der Waals surface area contributed by atoms with Gasteiger partial charge in [0.1, 0.15) is 0 Å². The minimum absolute atomic E-state index is 0.975. The summed E-state index contributed by atoms with van der Waals surface area (Å²) < 4.78 is 0. The number of nitrogens with one attached hydrogen (secondary N) is 1. The van der Waals surface area contributed by atoms with Gasteiger partial charge in [-0.05, 0) is 38.1 Å². The van der Waals surface area contributed by atoms with Crippen molar-refractivity contribution in [3.05, 3.63) is 41.6 Å². The number of benzene rings is 1. The molecule has 0 aliphatic heterocycles. The third-order valence-electron chi connectivity index (χ3n) is 2.03. The van der Waals surface area contributed by atoms with Crippen LogP contribution in [0, 0.1) is 6.92 Å². The lowest BCUT2D eigenvalue weighted by Gasteiger charge is -2.02. The minimum Gasteiger partial charge on any atom is -0.391 e. The first kappa shape index (κ1) is 9.85. The van der Waals surface area contributed by atoms with E-state index >= 15 is 0 Å². The van der Waals surface area contributed by atoms with E-state index in [1.54, 1.807) is 0 Å². The Morgan fingerprint density at radius 3 is 2.46 bits per heavy atom. The van der Waals surface area contributed by atoms with E-state index in [-0.39, 0.29) is 0 Å². The van der Waals surface area contributed by atoms with Gasteiger partial charge in [-0.15, -0.1) is 0 Å². The Morgan fingerprint density at radius 1 is 1.31 bits per heavy atom. The SMILES string of the molecule is CCN/C=C(\C)c1ccc(C)cc1. The van der Waals surface area contributed by atoms with Crippen molar-refractivity contribution in [3.63, 3.8) is 0 Å². The lowest BCUT2D eigenvalue weighted by Crippen LogP contribution is -2.02. The van der Waals surface area contributed by atoms with Gasteiger partial charge in [-0.3, -0.25) is 0 Å². The zero-order valence-electron chi connectivity index (χ0n) is 8.59. The standard InChI is InChI=1S/C12H17N/c1-4-13-9-11(3)12-7-5-10(2)6-8-12/h5-9,13H,4H2,1-3H3/b11-9+. The summed E-state index contributed by atoms with van der Waals surface area (Å²) >= 11 is 0. The van der Waals surface area contributed by atoms with Crippen molar-refractivity contribution in [2.24, 2.45) is 0 Å². The summed E-state index contributed by atoms with van der Waals surface area (Å²) in [6.45, 7) is 7.29. The highest BCUT2D eigenvalue weighted by molar-refractivity contribution is 5.63. The van der Waals surface area contributed by atoms with E-state index in [9.17, 15) is 0 Å². The van der Waals surface area contributed by atoms with Crippen molar-refractivity contribution in [1.29, 1.82) is 0 Å². The molecule has 0 saturated heterocycles. The summed E-state index contributed by atoms with van der Waals surface area (Å²) in [5, 5.41) is 3.20. The summed E-state index contributed by atoms with van der Waals surface area (Å²) in [5.74, 6) is 0. The molecular formula is C12H17N.